The molecule has 4 aromatic rings. The molecule has 0 radical (unpaired) electrons. The number of rotatable bonds is 3. The fraction of sp³-hybridized carbons (Fsp3) is 0.0417. The molecule has 3 aromatic carbocycles. The van der Waals surface area contributed by atoms with Crippen LogP contribution in [0.15, 0.2) is 95.0 Å². The highest BCUT2D eigenvalue weighted by atomic mass is 32.2. The normalized spacial score (nSPS) is 16.8. The molecule has 1 saturated heterocycles. The number of amides is 1. The minimum Gasteiger partial charge on any atom is -0.268 e. The van der Waals surface area contributed by atoms with Gasteiger partial charge in [-0.15, -0.1) is 0 Å². The molecule has 1 aromatic heterocycles. The Hall–Kier alpha value is -3.64. The number of aliphatic imine (C=N–C) groups is 1. The van der Waals surface area contributed by atoms with Gasteiger partial charge in [0.05, 0.1) is 28.0 Å². The van der Waals surface area contributed by atoms with Crippen LogP contribution in [0.1, 0.15) is 5.56 Å². The zero-order chi connectivity index (χ0) is 20.5. The first-order chi connectivity index (χ1) is 14.7. The Balaban J connectivity index is 1.57. The Labute approximate surface area is 178 Å². The van der Waals surface area contributed by atoms with E-state index in [1.165, 1.54) is 11.8 Å². The number of aromatic nitrogens is 2. The third kappa shape index (κ3) is 3.42. The molecule has 1 fully saturated rings. The van der Waals surface area contributed by atoms with Gasteiger partial charge in [-0.2, -0.15) is 5.10 Å². The fourth-order valence-corrected chi connectivity index (χ4v) is 4.39. The maximum atomic E-state index is 13.3. The van der Waals surface area contributed by atoms with Crippen molar-refractivity contribution >= 4 is 51.2 Å². The van der Waals surface area contributed by atoms with E-state index in [4.69, 9.17) is 4.99 Å². The molecule has 146 valence electrons. The van der Waals surface area contributed by atoms with Gasteiger partial charge < -0.3 is 0 Å². The van der Waals surface area contributed by atoms with Crippen molar-refractivity contribution in [2.45, 2.75) is 0 Å². The summed E-state index contributed by atoms with van der Waals surface area (Å²) in [5, 5.41) is 5.98. The number of hydrogen-bond donors (Lipinski definition) is 0. The average Bonchev–Trinajstić information content (AvgIpc) is 3.29. The number of aryl methyl sites for hydroxylation is 1. The number of para-hydroxylation sites is 2. The van der Waals surface area contributed by atoms with Gasteiger partial charge in [0.25, 0.3) is 5.91 Å². The standard InChI is InChI=1S/C24H18N4OS/c1-27-21-13-12-17(14-18(21)16-25-27)15-22-23(29)28(20-10-6-3-7-11-20)24(30-22)26-19-8-4-2-5-9-19/h2-16H,1H3/b22-15-,26-24?. The van der Waals surface area contributed by atoms with Gasteiger partial charge in [-0.3, -0.25) is 14.4 Å². The molecule has 2 heterocycles. The number of hydrogen-bond acceptors (Lipinski definition) is 4. The molecule has 0 N–H and O–H groups in total. The molecule has 1 aliphatic rings. The first-order valence-electron chi connectivity index (χ1n) is 9.53. The van der Waals surface area contributed by atoms with Crippen LogP contribution in [-0.2, 0) is 11.8 Å². The Bertz CT molecular complexity index is 1290. The Morgan fingerprint density at radius 1 is 0.967 bits per heavy atom. The summed E-state index contributed by atoms with van der Waals surface area (Å²) in [5.74, 6) is -0.0767. The topological polar surface area (TPSA) is 50.5 Å². The van der Waals surface area contributed by atoms with Gasteiger partial charge in [0.15, 0.2) is 5.17 Å². The Morgan fingerprint density at radius 2 is 1.70 bits per heavy atom. The van der Waals surface area contributed by atoms with Crippen molar-refractivity contribution in [1.29, 1.82) is 0 Å². The minimum absolute atomic E-state index is 0.0767. The minimum atomic E-state index is -0.0767. The van der Waals surface area contributed by atoms with Crippen LogP contribution in [0.3, 0.4) is 0 Å². The molecule has 1 amide bonds. The second-order valence-electron chi connectivity index (χ2n) is 6.90. The lowest BCUT2D eigenvalue weighted by Gasteiger charge is -2.15. The fourth-order valence-electron chi connectivity index (χ4n) is 3.39. The zero-order valence-corrected chi connectivity index (χ0v) is 17.1. The highest BCUT2D eigenvalue weighted by Gasteiger charge is 2.34. The molecule has 6 heteroatoms. The molecular weight excluding hydrogens is 392 g/mol. The molecule has 0 atom stereocenters. The zero-order valence-electron chi connectivity index (χ0n) is 16.3. The number of benzene rings is 3. The lowest BCUT2D eigenvalue weighted by atomic mass is 10.1. The quantitative estimate of drug-likeness (QED) is 0.426. The SMILES string of the molecule is Cn1ncc2cc(/C=C3\SC(=Nc4ccccc4)N(c4ccccc4)C3=O)ccc21. The van der Waals surface area contributed by atoms with Crippen molar-refractivity contribution in [2.75, 3.05) is 4.90 Å². The lowest BCUT2D eigenvalue weighted by Crippen LogP contribution is -2.28. The third-order valence-corrected chi connectivity index (χ3v) is 5.84. The number of carbonyl (C=O) groups excluding carboxylic acids is 1. The summed E-state index contributed by atoms with van der Waals surface area (Å²) >= 11 is 1.39. The molecular formula is C24H18N4OS. The van der Waals surface area contributed by atoms with E-state index >= 15 is 0 Å². The molecule has 0 bridgehead atoms. The summed E-state index contributed by atoms with van der Waals surface area (Å²) in [7, 11) is 1.92. The lowest BCUT2D eigenvalue weighted by molar-refractivity contribution is -0.113. The van der Waals surface area contributed by atoms with Crippen molar-refractivity contribution in [3.63, 3.8) is 0 Å². The number of fused-ring (bicyclic) bond motifs is 1. The van der Waals surface area contributed by atoms with Crippen LogP contribution in [0.25, 0.3) is 17.0 Å². The predicted octanol–water partition coefficient (Wildman–Crippen LogP) is 5.38. The van der Waals surface area contributed by atoms with Gasteiger partial charge in [0, 0.05) is 12.4 Å². The summed E-state index contributed by atoms with van der Waals surface area (Å²) in [5.41, 5.74) is 3.63. The van der Waals surface area contributed by atoms with Gasteiger partial charge in [-0.25, -0.2) is 4.99 Å². The smallest absolute Gasteiger partial charge is 0.268 e. The number of amidine groups is 1. The molecule has 5 rings (SSSR count). The van der Waals surface area contributed by atoms with Crippen molar-refractivity contribution in [1.82, 2.24) is 9.78 Å². The third-order valence-electron chi connectivity index (χ3n) is 4.87. The second-order valence-corrected chi connectivity index (χ2v) is 7.91. The summed E-state index contributed by atoms with van der Waals surface area (Å²) in [6.45, 7) is 0. The largest absolute Gasteiger partial charge is 0.271 e. The number of carbonyl (C=O) groups is 1. The predicted molar refractivity (Wildman–Crippen MR) is 124 cm³/mol. The van der Waals surface area contributed by atoms with Crippen LogP contribution in [0.2, 0.25) is 0 Å². The van der Waals surface area contributed by atoms with Crippen LogP contribution in [0.5, 0.6) is 0 Å². The molecule has 0 aliphatic carbocycles. The molecule has 5 nitrogen and oxygen atoms in total. The average molecular weight is 411 g/mol. The van der Waals surface area contributed by atoms with E-state index in [-0.39, 0.29) is 5.91 Å². The maximum absolute atomic E-state index is 13.3. The van der Waals surface area contributed by atoms with Crippen LogP contribution in [0.4, 0.5) is 11.4 Å². The first kappa shape index (κ1) is 18.4. The van der Waals surface area contributed by atoms with Crippen LogP contribution >= 0.6 is 11.8 Å². The van der Waals surface area contributed by atoms with Gasteiger partial charge in [-0.1, -0.05) is 42.5 Å². The molecule has 30 heavy (non-hydrogen) atoms. The molecule has 0 unspecified atom stereocenters. The summed E-state index contributed by atoms with van der Waals surface area (Å²) < 4.78 is 1.84. The van der Waals surface area contributed by atoms with Crippen molar-refractivity contribution in [3.8, 4) is 0 Å². The van der Waals surface area contributed by atoms with Crippen LogP contribution < -0.4 is 4.90 Å². The van der Waals surface area contributed by atoms with Gasteiger partial charge in [-0.05, 0) is 59.8 Å². The second kappa shape index (κ2) is 7.65. The number of nitrogens with zero attached hydrogens (tertiary/aromatic N) is 4. The maximum Gasteiger partial charge on any atom is 0.271 e. The van der Waals surface area contributed by atoms with Crippen LogP contribution in [0, 0.1) is 0 Å². The molecule has 1 aliphatic heterocycles. The van der Waals surface area contributed by atoms with E-state index in [1.54, 1.807) is 4.90 Å². The van der Waals surface area contributed by atoms with E-state index in [2.05, 4.69) is 5.10 Å². The van der Waals surface area contributed by atoms with E-state index < -0.39 is 0 Å². The molecule has 0 spiro atoms. The van der Waals surface area contributed by atoms with E-state index in [1.807, 2.05) is 103 Å². The van der Waals surface area contributed by atoms with Gasteiger partial charge in [0.2, 0.25) is 0 Å². The molecule has 0 saturated carbocycles. The highest BCUT2D eigenvalue weighted by molar-refractivity contribution is 8.19. The van der Waals surface area contributed by atoms with E-state index in [0.29, 0.717) is 10.1 Å². The summed E-state index contributed by atoms with van der Waals surface area (Å²) in [6, 6.07) is 25.4. The van der Waals surface area contributed by atoms with Crippen molar-refractivity contribution < 1.29 is 4.79 Å². The Morgan fingerprint density at radius 3 is 2.47 bits per heavy atom. The van der Waals surface area contributed by atoms with Gasteiger partial charge in [0.1, 0.15) is 0 Å². The van der Waals surface area contributed by atoms with Crippen molar-refractivity contribution in [3.05, 3.63) is 95.5 Å². The number of thioether (sulfide) groups is 1. The first-order valence-corrected chi connectivity index (χ1v) is 10.4. The highest BCUT2D eigenvalue weighted by Crippen LogP contribution is 2.37. The summed E-state index contributed by atoms with van der Waals surface area (Å²) in [4.78, 5) is 20.4. The van der Waals surface area contributed by atoms with Crippen LogP contribution in [-0.4, -0.2) is 20.9 Å². The van der Waals surface area contributed by atoms with Gasteiger partial charge >= 0.3 is 0 Å². The number of anilines is 1. The van der Waals surface area contributed by atoms with E-state index in [0.717, 1.165) is 27.8 Å². The Kier molecular flexibility index (Phi) is 4.69. The van der Waals surface area contributed by atoms with Crippen molar-refractivity contribution in [2.24, 2.45) is 12.0 Å². The monoisotopic (exact) mass is 410 g/mol. The van der Waals surface area contributed by atoms with E-state index in [9.17, 15) is 4.79 Å². The summed E-state index contributed by atoms with van der Waals surface area (Å²) in [6.07, 6.45) is 3.75.